The van der Waals surface area contributed by atoms with Crippen LogP contribution in [0.5, 0.6) is 0 Å². The summed E-state index contributed by atoms with van der Waals surface area (Å²) in [4.78, 5) is 0. The van der Waals surface area contributed by atoms with Gasteiger partial charge < -0.3 is 9.53 Å². The maximum Gasteiger partial charge on any atom is 0.262 e. The molecule has 2 aromatic carbocycles. The second kappa shape index (κ2) is 8.49. The highest BCUT2D eigenvalue weighted by Gasteiger charge is 2.49. The lowest BCUT2D eigenvalue weighted by Gasteiger charge is -2.42. The molecule has 1 unspecified atom stereocenters. The van der Waals surface area contributed by atoms with Crippen molar-refractivity contribution in [2.24, 2.45) is 0 Å². The minimum absolute atomic E-state index is 0.0400. The first-order valence-corrected chi connectivity index (χ1v) is 10.7. The molecule has 0 aliphatic heterocycles. The normalized spacial score (nSPS) is 13.0. The molecule has 0 saturated heterocycles. The molecule has 0 aliphatic carbocycles. The summed E-state index contributed by atoms with van der Waals surface area (Å²) < 4.78 is 6.63. The van der Waals surface area contributed by atoms with Crippen molar-refractivity contribution in [1.29, 1.82) is 0 Å². The Labute approximate surface area is 153 Å². The van der Waals surface area contributed by atoms with Crippen LogP contribution in [0.15, 0.2) is 60.7 Å². The molecule has 1 N–H and O–H groups in total. The Morgan fingerprint density at radius 3 is 1.80 bits per heavy atom. The van der Waals surface area contributed by atoms with Gasteiger partial charge in [0.1, 0.15) is 0 Å². The molecular weight excluding hydrogens is 324 g/mol. The van der Waals surface area contributed by atoms with Crippen LogP contribution in [0.25, 0.3) is 0 Å². The van der Waals surface area contributed by atoms with E-state index in [-0.39, 0.29) is 5.04 Å². The molecule has 2 aromatic rings. The molecule has 0 heterocycles. The van der Waals surface area contributed by atoms with Crippen molar-refractivity contribution in [2.45, 2.75) is 45.3 Å². The summed E-state index contributed by atoms with van der Waals surface area (Å²) in [5.74, 6) is 6.10. The third-order valence-corrected chi connectivity index (χ3v) is 9.28. The molecule has 0 spiro atoms. The minimum atomic E-state index is -2.49. The van der Waals surface area contributed by atoms with Crippen molar-refractivity contribution in [3.05, 3.63) is 60.7 Å². The lowest BCUT2D eigenvalue weighted by Crippen LogP contribution is -2.66. The Morgan fingerprint density at radius 2 is 1.40 bits per heavy atom. The van der Waals surface area contributed by atoms with Gasteiger partial charge in [-0.05, 0) is 22.3 Å². The van der Waals surface area contributed by atoms with Gasteiger partial charge in [-0.2, -0.15) is 0 Å². The number of aliphatic hydroxyl groups is 1. The molecule has 1 atom stereocenters. The number of hydrogen-bond donors (Lipinski definition) is 1. The molecular formula is C22H28O2Si. The fourth-order valence-corrected chi connectivity index (χ4v) is 7.62. The molecule has 0 aliphatic rings. The fraction of sp³-hybridized carbons (Fsp3) is 0.364. The highest BCUT2D eigenvalue weighted by molar-refractivity contribution is 6.99. The zero-order valence-electron chi connectivity index (χ0n) is 15.6. The van der Waals surface area contributed by atoms with Crippen molar-refractivity contribution in [3.63, 3.8) is 0 Å². The quantitative estimate of drug-likeness (QED) is 0.661. The number of hydrogen-bond acceptors (Lipinski definition) is 2. The van der Waals surface area contributed by atoms with E-state index < -0.39 is 14.4 Å². The Bertz CT molecular complexity index is 667. The molecule has 132 valence electrons. The Hall–Kier alpha value is -1.86. The average molecular weight is 353 g/mol. The molecule has 3 heteroatoms. The van der Waals surface area contributed by atoms with E-state index in [4.69, 9.17) is 4.43 Å². The second-order valence-electron chi connectivity index (χ2n) is 7.36. The summed E-state index contributed by atoms with van der Waals surface area (Å²) in [5.41, 5.74) is 0. The zero-order chi connectivity index (χ0) is 18.3. The van der Waals surface area contributed by atoms with Crippen molar-refractivity contribution >= 4 is 18.7 Å². The van der Waals surface area contributed by atoms with Crippen molar-refractivity contribution < 1.29 is 9.53 Å². The Balaban J connectivity index is 2.47. The molecule has 25 heavy (non-hydrogen) atoms. The van der Waals surface area contributed by atoms with Crippen LogP contribution in [-0.2, 0) is 4.43 Å². The van der Waals surface area contributed by atoms with E-state index in [0.29, 0.717) is 13.0 Å². The van der Waals surface area contributed by atoms with Crippen LogP contribution >= 0.6 is 0 Å². The van der Waals surface area contributed by atoms with Crippen LogP contribution < -0.4 is 10.4 Å². The van der Waals surface area contributed by atoms with Gasteiger partial charge in [0.15, 0.2) is 0 Å². The van der Waals surface area contributed by atoms with E-state index in [1.807, 2.05) is 12.1 Å². The average Bonchev–Trinajstić information content (AvgIpc) is 2.58. The van der Waals surface area contributed by atoms with E-state index in [0.717, 1.165) is 0 Å². The van der Waals surface area contributed by atoms with Gasteiger partial charge >= 0.3 is 0 Å². The van der Waals surface area contributed by atoms with E-state index in [9.17, 15) is 5.11 Å². The predicted molar refractivity (Wildman–Crippen MR) is 108 cm³/mol. The van der Waals surface area contributed by atoms with Gasteiger partial charge in [-0.1, -0.05) is 93.3 Å². The summed E-state index contributed by atoms with van der Waals surface area (Å²) in [6, 6.07) is 21.1. The molecule has 0 amide bonds. The van der Waals surface area contributed by atoms with E-state index in [1.54, 1.807) is 6.92 Å². The molecule has 0 aromatic heterocycles. The van der Waals surface area contributed by atoms with Gasteiger partial charge in [-0.3, -0.25) is 0 Å². The Kier molecular flexibility index (Phi) is 6.61. The maximum atomic E-state index is 9.36. The molecule has 2 nitrogen and oxygen atoms in total. The van der Waals surface area contributed by atoms with Gasteiger partial charge in [-0.25, -0.2) is 0 Å². The zero-order valence-corrected chi connectivity index (χ0v) is 16.6. The first kappa shape index (κ1) is 19.5. The van der Waals surface area contributed by atoms with Gasteiger partial charge in [0, 0.05) is 6.42 Å². The van der Waals surface area contributed by atoms with Gasteiger partial charge in [0.05, 0.1) is 12.7 Å². The molecule has 0 saturated carbocycles. The van der Waals surface area contributed by atoms with E-state index >= 15 is 0 Å². The largest absolute Gasteiger partial charge is 0.396 e. The number of aliphatic hydroxyl groups excluding tert-OH is 1. The summed E-state index contributed by atoms with van der Waals surface area (Å²) in [6.07, 6.45) is 0.0739. The van der Waals surface area contributed by atoms with Crippen LogP contribution in [0.2, 0.25) is 5.04 Å². The third-order valence-electron chi connectivity index (χ3n) is 4.30. The number of rotatable bonds is 5. The van der Waals surface area contributed by atoms with Crippen LogP contribution in [0.1, 0.15) is 34.1 Å². The highest BCUT2D eigenvalue weighted by atomic mass is 28.4. The first-order chi connectivity index (χ1) is 11.9. The van der Waals surface area contributed by atoms with Gasteiger partial charge in [0.2, 0.25) is 0 Å². The maximum absolute atomic E-state index is 9.36. The lowest BCUT2D eigenvalue weighted by atomic mass is 10.2. The number of benzene rings is 2. The van der Waals surface area contributed by atoms with Crippen molar-refractivity contribution in [2.75, 3.05) is 6.61 Å². The summed E-state index contributed by atoms with van der Waals surface area (Å²) in [5, 5.41) is 11.8. The van der Waals surface area contributed by atoms with Crippen LogP contribution in [0.3, 0.4) is 0 Å². The fourth-order valence-electron chi connectivity index (χ4n) is 3.18. The molecule has 2 rings (SSSR count). The SMILES string of the molecule is CC(O)CC#CCO[Si](c1ccccc1)(c1ccccc1)C(C)(C)C. The molecule has 0 bridgehead atoms. The third kappa shape index (κ3) is 4.61. The summed E-state index contributed by atoms with van der Waals surface area (Å²) in [6.45, 7) is 8.88. The summed E-state index contributed by atoms with van der Waals surface area (Å²) >= 11 is 0. The highest BCUT2D eigenvalue weighted by Crippen LogP contribution is 2.36. The van der Waals surface area contributed by atoms with Crippen LogP contribution in [-0.4, -0.2) is 26.1 Å². The topological polar surface area (TPSA) is 29.5 Å². The van der Waals surface area contributed by atoms with Gasteiger partial charge in [-0.15, -0.1) is 0 Å². The van der Waals surface area contributed by atoms with E-state index in [2.05, 4.69) is 81.1 Å². The van der Waals surface area contributed by atoms with E-state index in [1.165, 1.54) is 10.4 Å². The Morgan fingerprint density at radius 1 is 0.920 bits per heavy atom. The van der Waals surface area contributed by atoms with Crippen LogP contribution in [0, 0.1) is 11.8 Å². The monoisotopic (exact) mass is 352 g/mol. The van der Waals surface area contributed by atoms with Gasteiger partial charge in [0.25, 0.3) is 8.32 Å². The smallest absolute Gasteiger partial charge is 0.262 e. The summed E-state index contributed by atoms with van der Waals surface area (Å²) in [7, 11) is -2.49. The second-order valence-corrected chi connectivity index (χ2v) is 11.7. The van der Waals surface area contributed by atoms with Crippen molar-refractivity contribution in [1.82, 2.24) is 0 Å². The van der Waals surface area contributed by atoms with Crippen molar-refractivity contribution in [3.8, 4) is 11.8 Å². The van der Waals surface area contributed by atoms with Crippen LogP contribution in [0.4, 0.5) is 0 Å². The molecule has 0 radical (unpaired) electrons. The minimum Gasteiger partial charge on any atom is -0.396 e. The lowest BCUT2D eigenvalue weighted by molar-refractivity contribution is 0.201. The molecule has 0 fully saturated rings. The standard InChI is InChI=1S/C22H28O2Si/c1-19(23)13-11-12-18-24-25(22(2,3)4,20-14-7-5-8-15-20)21-16-9-6-10-17-21/h5-10,14-17,19,23H,13,18H2,1-4H3. The first-order valence-electron chi connectivity index (χ1n) is 8.77. The predicted octanol–water partition coefficient (Wildman–Crippen LogP) is 3.34.